The van der Waals surface area contributed by atoms with E-state index < -0.39 is 0 Å². The number of benzene rings is 1. The summed E-state index contributed by atoms with van der Waals surface area (Å²) >= 11 is 0. The van der Waals surface area contributed by atoms with Gasteiger partial charge in [0.25, 0.3) is 5.91 Å². The Morgan fingerprint density at radius 3 is 2.48 bits per heavy atom. The molecule has 0 saturated heterocycles. The molecule has 1 N–H and O–H groups in total. The van der Waals surface area contributed by atoms with Crippen LogP contribution in [0, 0.1) is 5.92 Å². The maximum absolute atomic E-state index is 12.9. The minimum atomic E-state index is -0.129. The number of carbonyl (C=O) groups is 1. The number of carbonyl (C=O) groups excluding carboxylic acids is 1. The van der Waals surface area contributed by atoms with Crippen molar-refractivity contribution in [2.75, 3.05) is 13.7 Å². The molecule has 0 aliphatic carbocycles. The van der Waals surface area contributed by atoms with Gasteiger partial charge in [0, 0.05) is 18.5 Å². The Kier molecular flexibility index (Phi) is 6.59. The Morgan fingerprint density at radius 1 is 1.14 bits per heavy atom. The van der Waals surface area contributed by atoms with Gasteiger partial charge in [-0.25, -0.2) is 4.68 Å². The molecule has 0 fully saturated rings. The van der Waals surface area contributed by atoms with E-state index >= 15 is 0 Å². The lowest BCUT2D eigenvalue weighted by Gasteiger charge is -2.22. The van der Waals surface area contributed by atoms with Gasteiger partial charge in [0.15, 0.2) is 5.82 Å². The molecule has 0 saturated carbocycles. The van der Waals surface area contributed by atoms with E-state index in [2.05, 4.69) is 46.6 Å². The third kappa shape index (κ3) is 4.62. The summed E-state index contributed by atoms with van der Waals surface area (Å²) in [6.45, 7) is 6.89. The molecular weight excluding hydrogens is 366 g/mol. The molecule has 0 aliphatic heterocycles. The highest BCUT2D eigenvalue weighted by molar-refractivity contribution is 5.95. The second kappa shape index (κ2) is 9.32. The molecule has 3 aromatic rings. The van der Waals surface area contributed by atoms with Crippen molar-refractivity contribution in [3.8, 4) is 11.7 Å². The van der Waals surface area contributed by atoms with Crippen molar-refractivity contribution in [2.45, 2.75) is 33.1 Å². The van der Waals surface area contributed by atoms with Crippen molar-refractivity contribution in [3.05, 3.63) is 65.5 Å². The molecular formula is C22H27N5O2. The largest absolute Gasteiger partial charge is 0.480 e. The average molecular weight is 393 g/mol. The van der Waals surface area contributed by atoms with Crippen LogP contribution in [0.25, 0.3) is 5.82 Å². The van der Waals surface area contributed by atoms with Gasteiger partial charge in [0.05, 0.1) is 24.6 Å². The molecule has 152 valence electrons. The minimum absolute atomic E-state index is 0.129. The Balaban J connectivity index is 1.77. The molecule has 0 bridgehead atoms. The van der Waals surface area contributed by atoms with Crippen LogP contribution in [0.5, 0.6) is 5.88 Å². The zero-order valence-corrected chi connectivity index (χ0v) is 17.3. The van der Waals surface area contributed by atoms with Crippen LogP contribution in [0.1, 0.15) is 48.3 Å². The topological polar surface area (TPSA) is 81.9 Å². The van der Waals surface area contributed by atoms with Crippen LogP contribution < -0.4 is 10.1 Å². The summed E-state index contributed by atoms with van der Waals surface area (Å²) in [5, 5.41) is 15.6. The number of hydrogen-bond acceptors (Lipinski definition) is 5. The van der Waals surface area contributed by atoms with E-state index in [9.17, 15) is 4.79 Å². The quantitative estimate of drug-likeness (QED) is 0.634. The minimum Gasteiger partial charge on any atom is -0.480 e. The summed E-state index contributed by atoms with van der Waals surface area (Å²) in [4.78, 5) is 12.9. The highest BCUT2D eigenvalue weighted by Gasteiger charge is 2.21. The Labute approximate surface area is 171 Å². The molecule has 1 unspecified atom stereocenters. The number of amides is 1. The molecule has 0 spiro atoms. The van der Waals surface area contributed by atoms with Crippen molar-refractivity contribution in [1.29, 1.82) is 0 Å². The highest BCUT2D eigenvalue weighted by atomic mass is 16.5. The van der Waals surface area contributed by atoms with Gasteiger partial charge >= 0.3 is 0 Å². The van der Waals surface area contributed by atoms with Crippen LogP contribution in [0.4, 0.5) is 0 Å². The van der Waals surface area contributed by atoms with E-state index in [0.29, 0.717) is 36.1 Å². The second-order valence-corrected chi connectivity index (χ2v) is 7.18. The van der Waals surface area contributed by atoms with Crippen LogP contribution in [0.3, 0.4) is 0 Å². The lowest BCUT2D eigenvalue weighted by molar-refractivity contribution is 0.0948. The predicted octanol–water partition coefficient (Wildman–Crippen LogP) is 3.40. The van der Waals surface area contributed by atoms with E-state index in [1.165, 1.54) is 12.7 Å². The zero-order valence-electron chi connectivity index (χ0n) is 17.3. The molecule has 0 radical (unpaired) electrons. The second-order valence-electron chi connectivity index (χ2n) is 7.18. The molecule has 1 aromatic carbocycles. The summed E-state index contributed by atoms with van der Waals surface area (Å²) in [5.74, 6) is 1.49. The van der Waals surface area contributed by atoms with E-state index in [-0.39, 0.29) is 11.8 Å². The number of methoxy groups -OCH3 is 1. The van der Waals surface area contributed by atoms with Crippen LogP contribution in [-0.2, 0) is 6.42 Å². The van der Waals surface area contributed by atoms with Crippen LogP contribution in [0.15, 0.2) is 48.7 Å². The Bertz CT molecular complexity index is 936. The van der Waals surface area contributed by atoms with Gasteiger partial charge < -0.3 is 10.1 Å². The van der Waals surface area contributed by atoms with Crippen molar-refractivity contribution in [3.63, 3.8) is 0 Å². The maximum Gasteiger partial charge on any atom is 0.254 e. The number of hydrogen-bond donors (Lipinski definition) is 1. The fraction of sp³-hybridized carbons (Fsp3) is 0.364. The van der Waals surface area contributed by atoms with Gasteiger partial charge in [-0.2, -0.15) is 5.10 Å². The normalized spacial score (nSPS) is 12.0. The molecule has 3 rings (SSSR count). The molecule has 7 heteroatoms. The van der Waals surface area contributed by atoms with Crippen molar-refractivity contribution >= 4 is 5.91 Å². The third-order valence-corrected chi connectivity index (χ3v) is 5.02. The van der Waals surface area contributed by atoms with Gasteiger partial charge in [-0.3, -0.25) is 4.79 Å². The maximum atomic E-state index is 12.9. The summed E-state index contributed by atoms with van der Waals surface area (Å²) in [5.41, 5.74) is 2.58. The van der Waals surface area contributed by atoms with E-state index in [4.69, 9.17) is 4.74 Å². The van der Waals surface area contributed by atoms with E-state index in [1.54, 1.807) is 23.0 Å². The molecule has 2 heterocycles. The van der Waals surface area contributed by atoms with Gasteiger partial charge in [-0.1, -0.05) is 51.1 Å². The standard InChI is InChI=1S/C22H27N5O2/c1-5-19-18(14-24-27(19)20-11-12-21(29-4)26-25-20)22(28)23-13-17(15(2)3)16-9-7-6-8-10-16/h6-12,14-15,17H,5,13H2,1-4H3,(H,23,28). The van der Waals surface area contributed by atoms with Gasteiger partial charge in [0.1, 0.15) is 0 Å². The first kappa shape index (κ1) is 20.5. The smallest absolute Gasteiger partial charge is 0.254 e. The van der Waals surface area contributed by atoms with Crippen LogP contribution in [0.2, 0.25) is 0 Å². The Morgan fingerprint density at radius 2 is 1.90 bits per heavy atom. The van der Waals surface area contributed by atoms with Crippen LogP contribution in [-0.4, -0.2) is 39.5 Å². The summed E-state index contributed by atoms with van der Waals surface area (Å²) in [7, 11) is 1.54. The van der Waals surface area contributed by atoms with Crippen LogP contribution >= 0.6 is 0 Å². The van der Waals surface area contributed by atoms with Crippen molar-refractivity contribution < 1.29 is 9.53 Å². The monoisotopic (exact) mass is 393 g/mol. The average Bonchev–Trinajstić information content (AvgIpc) is 3.18. The molecule has 7 nitrogen and oxygen atoms in total. The van der Waals surface area contributed by atoms with Crippen molar-refractivity contribution in [1.82, 2.24) is 25.3 Å². The number of nitrogens with one attached hydrogen (secondary N) is 1. The van der Waals surface area contributed by atoms with Gasteiger partial charge in [0.2, 0.25) is 5.88 Å². The predicted molar refractivity (Wildman–Crippen MR) is 111 cm³/mol. The molecule has 1 amide bonds. The molecule has 29 heavy (non-hydrogen) atoms. The summed E-state index contributed by atoms with van der Waals surface area (Å²) in [6, 6.07) is 13.8. The summed E-state index contributed by atoms with van der Waals surface area (Å²) < 4.78 is 6.70. The molecule has 1 atom stereocenters. The fourth-order valence-electron chi connectivity index (χ4n) is 3.37. The van der Waals surface area contributed by atoms with E-state index in [0.717, 1.165) is 5.69 Å². The summed E-state index contributed by atoms with van der Waals surface area (Å²) in [6.07, 6.45) is 2.23. The number of aromatic nitrogens is 4. The lowest BCUT2D eigenvalue weighted by Crippen LogP contribution is -2.30. The lowest BCUT2D eigenvalue weighted by atomic mass is 9.88. The highest BCUT2D eigenvalue weighted by Crippen LogP contribution is 2.24. The van der Waals surface area contributed by atoms with Gasteiger partial charge in [-0.05, 0) is 24.0 Å². The first-order chi connectivity index (χ1) is 14.0. The first-order valence-electron chi connectivity index (χ1n) is 9.83. The third-order valence-electron chi connectivity index (χ3n) is 5.02. The molecule has 2 aromatic heterocycles. The SMILES string of the molecule is CCc1c(C(=O)NCC(c2ccccc2)C(C)C)cnn1-c1ccc(OC)nn1. The molecule has 0 aliphatic rings. The number of nitrogens with zero attached hydrogens (tertiary/aromatic N) is 4. The number of ether oxygens (including phenoxy) is 1. The van der Waals surface area contributed by atoms with Crippen molar-refractivity contribution in [2.24, 2.45) is 5.92 Å². The Hall–Kier alpha value is -3.22. The first-order valence-corrected chi connectivity index (χ1v) is 9.83. The van der Waals surface area contributed by atoms with E-state index in [1.807, 2.05) is 25.1 Å². The zero-order chi connectivity index (χ0) is 20.8. The number of rotatable bonds is 8. The fourth-order valence-corrected chi connectivity index (χ4v) is 3.37. The van der Waals surface area contributed by atoms with Gasteiger partial charge in [-0.15, -0.1) is 10.2 Å².